The molecule has 7 rings (SSSR count). The topological polar surface area (TPSA) is 51.6 Å². The van der Waals surface area contributed by atoms with Crippen LogP contribution in [0.25, 0.3) is 44.3 Å². The van der Waals surface area contributed by atoms with E-state index in [0.717, 1.165) is 0 Å². The van der Waals surface area contributed by atoms with Crippen molar-refractivity contribution in [2.24, 2.45) is 0 Å². The van der Waals surface area contributed by atoms with Gasteiger partial charge in [-0.3, -0.25) is 0 Å². The number of nitrogens with zero attached hydrogens (tertiary/aromatic N) is 4. The van der Waals surface area contributed by atoms with Gasteiger partial charge in [-0.25, -0.2) is 0 Å². The Bertz CT molecular complexity index is 2870. The zero-order valence-corrected chi connectivity index (χ0v) is 74.4. The quantitative estimate of drug-likeness (QED) is 0.0288. The molecule has 0 spiro atoms. The Morgan fingerprint density at radius 3 is 0.727 bits per heavy atom. The van der Waals surface area contributed by atoms with Gasteiger partial charge in [0.05, 0.1) is 0 Å². The number of rotatable bonds is 63. The van der Waals surface area contributed by atoms with Crippen LogP contribution in [0.15, 0.2) is 24.3 Å². The summed E-state index contributed by atoms with van der Waals surface area (Å²) in [5, 5.41) is 0. The Labute approximate surface area is 629 Å². The van der Waals surface area contributed by atoms with Crippen molar-refractivity contribution in [2.45, 2.75) is 460 Å². The summed E-state index contributed by atoms with van der Waals surface area (Å²) < 4.78 is 30.1. The van der Waals surface area contributed by atoms with E-state index in [1.807, 2.05) is 0 Å². The number of hydrogen-bond acceptors (Lipinski definition) is 6. The van der Waals surface area contributed by atoms with Gasteiger partial charge in [-0.15, -0.1) is 0 Å². The molecule has 2 aliphatic rings. The van der Waals surface area contributed by atoms with Gasteiger partial charge in [0.25, 0.3) is 0 Å². The van der Waals surface area contributed by atoms with E-state index in [0.29, 0.717) is 0 Å². The second-order valence-electron chi connectivity index (χ2n) is 34.1. The molecule has 5 aromatic rings. The van der Waals surface area contributed by atoms with Crippen LogP contribution in [0.1, 0.15) is 443 Å². The van der Waals surface area contributed by atoms with Gasteiger partial charge in [-0.05, 0) is 0 Å². The second-order valence-corrected chi connectivity index (χ2v) is 62.7. The molecule has 99 heavy (non-hydrogen) atoms. The zero-order valence-electron chi connectivity index (χ0n) is 67.0. The summed E-state index contributed by atoms with van der Waals surface area (Å²) in [4.78, 5) is 7.98. The number of fused-ring (bicyclic) bond motifs is 10. The molecular weight excluding hydrogens is 1450 g/mol. The van der Waals surface area contributed by atoms with Crippen LogP contribution >= 0.6 is 23.5 Å². The number of aromatic nitrogens is 4. The van der Waals surface area contributed by atoms with E-state index < -0.39 is 36.8 Å². The maximum atomic E-state index is 5.72. The van der Waals surface area contributed by atoms with Gasteiger partial charge >= 0.3 is 479 Å². The number of unbranched alkanes of at least 4 members (excludes halogenated alkanes) is 47. The summed E-state index contributed by atoms with van der Waals surface area (Å²) in [6, 6.07) is 11.8. The van der Waals surface area contributed by atoms with Gasteiger partial charge in [-0.2, -0.15) is 0 Å². The van der Waals surface area contributed by atoms with E-state index in [2.05, 4.69) is 87.6 Å². The van der Waals surface area contributed by atoms with Crippen molar-refractivity contribution in [2.75, 3.05) is 0 Å². The van der Waals surface area contributed by atoms with Crippen molar-refractivity contribution in [1.29, 1.82) is 0 Å². The molecule has 8 heteroatoms. The summed E-state index contributed by atoms with van der Waals surface area (Å²) in [5.41, 5.74) is 18.0. The Balaban J connectivity index is 1.37. The normalized spacial score (nSPS) is 14.0. The van der Waals surface area contributed by atoms with Gasteiger partial charge in [0.2, 0.25) is 0 Å². The molecule has 0 unspecified atom stereocenters. The average molecular weight is 1610 g/mol. The Morgan fingerprint density at radius 2 is 0.475 bits per heavy atom. The first-order chi connectivity index (χ1) is 48.6. The molecule has 2 aliphatic carbocycles. The molecule has 0 atom stereocenters. The summed E-state index contributed by atoms with van der Waals surface area (Å²) in [5.74, 6) is 0. The third kappa shape index (κ3) is 25.3. The molecule has 560 valence electrons. The Morgan fingerprint density at radius 1 is 0.253 bits per heavy atom. The van der Waals surface area contributed by atoms with E-state index in [1.165, 1.54) is 431 Å². The molecule has 0 fully saturated rings. The van der Waals surface area contributed by atoms with Crippen LogP contribution in [0.5, 0.6) is 0 Å². The SMILES string of the molecule is CCCCCCCCCCCCCCC1(CCCCCCCCCCCCCC)c2cc3c(cc2-c2c1c[c]([Sn]([CH3])([CH3])[CH3])c1nsnc21)C(CCCCCCCCCCCCCC)(CCCCCCCCCCCCCC)c1c[c]([Sn]([CH2]CCC)([CH2]CCC)[CH2]CCC)c2nsnc2c1-3. The van der Waals surface area contributed by atoms with Crippen LogP contribution in [0.4, 0.5) is 0 Å². The molecule has 2 heterocycles. The fraction of sp³-hybridized carbons (Fsp3) is 0.802. The van der Waals surface area contributed by atoms with Crippen molar-refractivity contribution in [3.05, 3.63) is 46.5 Å². The zero-order chi connectivity index (χ0) is 70.3. The van der Waals surface area contributed by atoms with Crippen LogP contribution < -0.4 is 7.16 Å². The molecule has 0 bridgehead atoms. The summed E-state index contributed by atoms with van der Waals surface area (Å²) >= 11 is -2.80. The average Bonchev–Trinajstić information content (AvgIpc) is 1.52. The van der Waals surface area contributed by atoms with E-state index in [-0.39, 0.29) is 10.8 Å². The molecule has 0 saturated carbocycles. The summed E-state index contributed by atoms with van der Waals surface area (Å²) in [6.07, 6.45) is 80.0. The summed E-state index contributed by atoms with van der Waals surface area (Å²) in [7, 11) is 0. The van der Waals surface area contributed by atoms with Crippen LogP contribution in [0.3, 0.4) is 0 Å². The third-order valence-corrected chi connectivity index (χ3v) is 47.4. The first kappa shape index (κ1) is 85.2. The van der Waals surface area contributed by atoms with E-state index in [9.17, 15) is 0 Å². The standard InChI is InChI=1S/C76H120N4S2.3C4H9.3CH3.2Sn/c1-5-9-13-17-21-25-29-33-37-41-45-49-57-75(58-50-46-42-38-34-30-26-22-18-14-10-6-2)65-53-55-69-73(79-81-77-69)71(65)63-62-68-64(61-67(63)75)72-66(54-56-70-74(72)80-82-78-70)76(68,59-51-47-43-39-35-31-27-23-19-15-11-7-3)60-52-48-44-40-36-32-28-24-20-16-12-8-4;3*1-3-4-2;;;;;/h53-54,61-62H,5-52,57-60H2,1-4H3;3*1,3-4H2,2H3;3*1H3;;. The van der Waals surface area contributed by atoms with E-state index in [4.69, 9.17) is 17.5 Å². The molecular formula is C91H156N4S2Sn2. The molecule has 0 aliphatic heterocycles. The molecule has 0 saturated heterocycles. The minimum atomic E-state index is -3.12. The van der Waals surface area contributed by atoms with Gasteiger partial charge in [0.1, 0.15) is 0 Å². The van der Waals surface area contributed by atoms with Crippen LogP contribution in [0.2, 0.25) is 28.1 Å². The van der Waals surface area contributed by atoms with Gasteiger partial charge in [-0.1, -0.05) is 156 Å². The molecule has 3 aromatic carbocycles. The Kier molecular flexibility index (Phi) is 41.5. The van der Waals surface area contributed by atoms with Crippen LogP contribution in [-0.4, -0.2) is 54.2 Å². The second kappa shape index (κ2) is 48.3. The molecule has 0 radical (unpaired) electrons. The molecule has 0 N–H and O–H groups in total. The number of hydrogen-bond donors (Lipinski definition) is 0. The van der Waals surface area contributed by atoms with Crippen molar-refractivity contribution >= 4 is 89.4 Å². The number of benzene rings is 3. The van der Waals surface area contributed by atoms with Gasteiger partial charge in [0, 0.05) is 0 Å². The van der Waals surface area contributed by atoms with Crippen molar-refractivity contribution in [1.82, 2.24) is 17.5 Å². The first-order valence-corrected chi connectivity index (χ1v) is 63.3. The summed E-state index contributed by atoms with van der Waals surface area (Å²) in [6.45, 7) is 16.8. The van der Waals surface area contributed by atoms with Gasteiger partial charge < -0.3 is 0 Å². The maximum absolute atomic E-state index is 5.72. The van der Waals surface area contributed by atoms with Gasteiger partial charge in [0.15, 0.2) is 0 Å². The predicted molar refractivity (Wildman–Crippen MR) is 451 cm³/mol. The minimum absolute atomic E-state index is 0.0533. The molecule has 2 aromatic heterocycles. The Hall–Kier alpha value is -1.10. The molecule has 4 nitrogen and oxygen atoms in total. The van der Waals surface area contributed by atoms with Crippen molar-refractivity contribution in [3.63, 3.8) is 0 Å². The van der Waals surface area contributed by atoms with Crippen molar-refractivity contribution in [3.8, 4) is 22.3 Å². The third-order valence-electron chi connectivity index (χ3n) is 25.1. The first-order valence-electron chi connectivity index (χ1n) is 44.4. The predicted octanol–water partition coefficient (Wildman–Crippen LogP) is 31.2. The molecule has 0 amide bonds. The monoisotopic (exact) mass is 1610 g/mol. The van der Waals surface area contributed by atoms with Crippen LogP contribution in [-0.2, 0) is 10.8 Å². The fourth-order valence-electron chi connectivity index (χ4n) is 19.0. The van der Waals surface area contributed by atoms with Crippen molar-refractivity contribution < 1.29 is 0 Å². The van der Waals surface area contributed by atoms with Crippen LogP contribution in [0, 0.1) is 0 Å². The van der Waals surface area contributed by atoms with E-state index >= 15 is 0 Å². The van der Waals surface area contributed by atoms with E-state index in [1.54, 1.807) is 52.3 Å². The fourth-order valence-corrected chi connectivity index (χ4v) is 41.2.